The van der Waals surface area contributed by atoms with E-state index >= 15 is 0 Å². The number of ether oxygens (including phenoxy) is 2. The van der Waals surface area contributed by atoms with Gasteiger partial charge < -0.3 is 19.7 Å². The number of nitrogens with one attached hydrogen (secondary N) is 1. The van der Waals surface area contributed by atoms with Crippen molar-refractivity contribution in [2.75, 3.05) is 39.4 Å². The lowest BCUT2D eigenvalue weighted by Crippen LogP contribution is -2.22. The molecule has 21 heavy (non-hydrogen) atoms. The molecule has 4 heteroatoms. The molecule has 2 aliphatic heterocycles. The highest BCUT2D eigenvalue weighted by atomic mass is 16.5. The molecule has 1 aromatic rings. The fraction of sp³-hybridized carbons (Fsp3) is 0.647. The number of likely N-dealkylation sites (N-methyl/N-ethyl adjacent to an activating group) is 1. The number of nitrogens with zero attached hydrogens (tertiary/aromatic N) is 1. The van der Waals surface area contributed by atoms with Gasteiger partial charge in [-0.25, -0.2) is 0 Å². The summed E-state index contributed by atoms with van der Waals surface area (Å²) in [6, 6.07) is 6.55. The van der Waals surface area contributed by atoms with Gasteiger partial charge in [0.2, 0.25) is 0 Å². The van der Waals surface area contributed by atoms with Crippen molar-refractivity contribution >= 4 is 0 Å². The quantitative estimate of drug-likeness (QED) is 0.783. The van der Waals surface area contributed by atoms with Crippen molar-refractivity contribution in [1.29, 1.82) is 0 Å². The third-order valence-electron chi connectivity index (χ3n) is 4.30. The SMILES string of the molecule is CCNC1COc2cc(OCCCN3CCCC3)ccc21. The zero-order chi connectivity index (χ0) is 14.5. The summed E-state index contributed by atoms with van der Waals surface area (Å²) >= 11 is 0. The molecule has 0 radical (unpaired) electrons. The van der Waals surface area contributed by atoms with Crippen molar-refractivity contribution in [1.82, 2.24) is 10.2 Å². The van der Waals surface area contributed by atoms with Crippen molar-refractivity contribution < 1.29 is 9.47 Å². The van der Waals surface area contributed by atoms with Gasteiger partial charge in [0.15, 0.2) is 0 Å². The Labute approximate surface area is 127 Å². The molecule has 0 amide bonds. The summed E-state index contributed by atoms with van der Waals surface area (Å²) in [5.74, 6) is 1.89. The van der Waals surface area contributed by atoms with E-state index in [1.54, 1.807) is 0 Å². The van der Waals surface area contributed by atoms with Gasteiger partial charge in [-0.05, 0) is 51.0 Å². The molecule has 0 saturated carbocycles. The highest BCUT2D eigenvalue weighted by Crippen LogP contribution is 2.35. The maximum Gasteiger partial charge on any atom is 0.127 e. The van der Waals surface area contributed by atoms with Crippen molar-refractivity contribution in [3.05, 3.63) is 23.8 Å². The summed E-state index contributed by atoms with van der Waals surface area (Å²) in [6.07, 6.45) is 3.81. The summed E-state index contributed by atoms with van der Waals surface area (Å²) in [4.78, 5) is 2.52. The maximum absolute atomic E-state index is 5.86. The summed E-state index contributed by atoms with van der Waals surface area (Å²) in [5.41, 5.74) is 1.25. The lowest BCUT2D eigenvalue weighted by molar-refractivity contribution is 0.262. The number of benzene rings is 1. The Kier molecular flexibility index (Phi) is 4.99. The molecule has 1 saturated heterocycles. The van der Waals surface area contributed by atoms with Gasteiger partial charge in [-0.1, -0.05) is 6.92 Å². The van der Waals surface area contributed by atoms with Crippen molar-refractivity contribution in [3.63, 3.8) is 0 Å². The third-order valence-corrected chi connectivity index (χ3v) is 4.30. The van der Waals surface area contributed by atoms with E-state index in [1.165, 1.54) is 31.5 Å². The van der Waals surface area contributed by atoms with Crippen LogP contribution in [-0.4, -0.2) is 44.3 Å². The van der Waals surface area contributed by atoms with Crippen LogP contribution in [0.25, 0.3) is 0 Å². The number of hydrogen-bond acceptors (Lipinski definition) is 4. The van der Waals surface area contributed by atoms with Crippen LogP contribution in [0.1, 0.15) is 37.8 Å². The second-order valence-electron chi connectivity index (χ2n) is 5.87. The Bertz CT molecular complexity index is 458. The van der Waals surface area contributed by atoms with E-state index in [2.05, 4.69) is 29.3 Å². The minimum Gasteiger partial charge on any atom is -0.493 e. The van der Waals surface area contributed by atoms with Crippen LogP contribution in [0.2, 0.25) is 0 Å². The van der Waals surface area contributed by atoms with Gasteiger partial charge in [0.1, 0.15) is 18.1 Å². The van der Waals surface area contributed by atoms with Crippen LogP contribution >= 0.6 is 0 Å². The van der Waals surface area contributed by atoms with Crippen LogP contribution in [0.5, 0.6) is 11.5 Å². The predicted molar refractivity (Wildman–Crippen MR) is 84.1 cm³/mol. The van der Waals surface area contributed by atoms with Crippen LogP contribution in [0, 0.1) is 0 Å². The Morgan fingerprint density at radius 2 is 2.19 bits per heavy atom. The van der Waals surface area contributed by atoms with Crippen LogP contribution in [0.15, 0.2) is 18.2 Å². The van der Waals surface area contributed by atoms with E-state index in [0.29, 0.717) is 6.04 Å². The fourth-order valence-electron chi connectivity index (χ4n) is 3.18. The van der Waals surface area contributed by atoms with E-state index in [-0.39, 0.29) is 0 Å². The molecule has 1 atom stereocenters. The average Bonchev–Trinajstić information content (AvgIpc) is 3.14. The second kappa shape index (κ2) is 7.14. The maximum atomic E-state index is 5.86. The van der Waals surface area contributed by atoms with Gasteiger partial charge in [0.05, 0.1) is 12.6 Å². The van der Waals surface area contributed by atoms with Crippen LogP contribution in [0.3, 0.4) is 0 Å². The Morgan fingerprint density at radius 3 is 3.00 bits per heavy atom. The van der Waals surface area contributed by atoms with E-state index in [4.69, 9.17) is 9.47 Å². The van der Waals surface area contributed by atoms with Gasteiger partial charge >= 0.3 is 0 Å². The Hall–Kier alpha value is -1.26. The standard InChI is InChI=1S/C17H26N2O2/c1-2-18-16-13-21-17-12-14(6-7-15(16)17)20-11-5-10-19-8-3-4-9-19/h6-7,12,16,18H,2-5,8-11,13H2,1H3. The summed E-state index contributed by atoms with van der Waals surface area (Å²) < 4.78 is 11.6. The summed E-state index contributed by atoms with van der Waals surface area (Å²) in [5, 5.41) is 3.43. The molecule has 1 aromatic carbocycles. The van der Waals surface area contributed by atoms with Gasteiger partial charge in [0, 0.05) is 18.2 Å². The number of likely N-dealkylation sites (tertiary alicyclic amines) is 1. The normalized spacial score (nSPS) is 21.3. The molecule has 1 unspecified atom stereocenters. The zero-order valence-electron chi connectivity index (χ0n) is 12.9. The molecular weight excluding hydrogens is 264 g/mol. The first kappa shape index (κ1) is 14.7. The number of fused-ring (bicyclic) bond motifs is 1. The molecule has 2 aliphatic rings. The molecule has 3 rings (SSSR count). The molecule has 1 N–H and O–H groups in total. The molecule has 0 aliphatic carbocycles. The fourth-order valence-corrected chi connectivity index (χ4v) is 3.18. The Morgan fingerprint density at radius 1 is 1.33 bits per heavy atom. The first-order chi connectivity index (χ1) is 10.4. The minimum atomic E-state index is 0.328. The number of hydrogen-bond donors (Lipinski definition) is 1. The van der Waals surface area contributed by atoms with E-state index in [0.717, 1.165) is 44.2 Å². The average molecular weight is 290 g/mol. The highest BCUT2D eigenvalue weighted by Gasteiger charge is 2.23. The molecule has 4 nitrogen and oxygen atoms in total. The van der Waals surface area contributed by atoms with Gasteiger partial charge in [-0.3, -0.25) is 0 Å². The molecule has 116 valence electrons. The topological polar surface area (TPSA) is 33.7 Å². The summed E-state index contributed by atoms with van der Waals surface area (Å²) in [6.45, 7) is 8.27. The zero-order valence-corrected chi connectivity index (χ0v) is 12.9. The lowest BCUT2D eigenvalue weighted by atomic mass is 10.1. The van der Waals surface area contributed by atoms with Crippen LogP contribution in [-0.2, 0) is 0 Å². The first-order valence-electron chi connectivity index (χ1n) is 8.22. The largest absolute Gasteiger partial charge is 0.493 e. The van der Waals surface area contributed by atoms with Crippen molar-refractivity contribution in [2.24, 2.45) is 0 Å². The van der Waals surface area contributed by atoms with Gasteiger partial charge in [0.25, 0.3) is 0 Å². The van der Waals surface area contributed by atoms with Gasteiger partial charge in [-0.15, -0.1) is 0 Å². The van der Waals surface area contributed by atoms with E-state index in [9.17, 15) is 0 Å². The molecule has 0 aromatic heterocycles. The second-order valence-corrected chi connectivity index (χ2v) is 5.87. The molecule has 1 fully saturated rings. The van der Waals surface area contributed by atoms with Crippen LogP contribution < -0.4 is 14.8 Å². The molecule has 0 spiro atoms. The first-order valence-corrected chi connectivity index (χ1v) is 8.22. The predicted octanol–water partition coefficient (Wildman–Crippen LogP) is 2.59. The van der Waals surface area contributed by atoms with Gasteiger partial charge in [-0.2, -0.15) is 0 Å². The minimum absolute atomic E-state index is 0.328. The van der Waals surface area contributed by atoms with Crippen molar-refractivity contribution in [3.8, 4) is 11.5 Å². The summed E-state index contributed by atoms with van der Waals surface area (Å²) in [7, 11) is 0. The smallest absolute Gasteiger partial charge is 0.127 e. The molecular formula is C17H26N2O2. The third kappa shape index (κ3) is 3.69. The van der Waals surface area contributed by atoms with Crippen molar-refractivity contribution in [2.45, 2.75) is 32.2 Å². The van der Waals surface area contributed by atoms with Crippen LogP contribution in [0.4, 0.5) is 0 Å². The monoisotopic (exact) mass is 290 g/mol. The Balaban J connectivity index is 1.46. The lowest BCUT2D eigenvalue weighted by Gasteiger charge is -2.14. The molecule has 2 heterocycles. The van der Waals surface area contributed by atoms with E-state index < -0.39 is 0 Å². The number of rotatable bonds is 7. The van der Waals surface area contributed by atoms with E-state index in [1.807, 2.05) is 6.07 Å². The highest BCUT2D eigenvalue weighted by molar-refractivity contribution is 5.45. The molecule has 0 bridgehead atoms.